The summed E-state index contributed by atoms with van der Waals surface area (Å²) in [6.07, 6.45) is 2.25. The van der Waals surface area contributed by atoms with E-state index >= 15 is 0 Å². The van der Waals surface area contributed by atoms with Gasteiger partial charge in [0.25, 0.3) is 5.91 Å². The number of carbonyl (C=O) groups is 3. The molecule has 186 valence electrons. The SMILES string of the molecule is Cc1oc([C@H](CC(C)C)NC(=O)CCC(C)C)nc1C(=O)N[C@@H](CCCN=C(N)N)C(=O)O. The molecule has 2 atom stereocenters. The van der Waals surface area contributed by atoms with Crippen LogP contribution < -0.4 is 22.1 Å². The second-order valence-electron chi connectivity index (χ2n) is 8.95. The van der Waals surface area contributed by atoms with E-state index < -0.39 is 24.0 Å². The number of carboxylic acid groups (broad SMARTS) is 1. The molecule has 1 rings (SSSR count). The summed E-state index contributed by atoms with van der Waals surface area (Å²) in [7, 11) is 0. The minimum Gasteiger partial charge on any atom is -0.480 e. The van der Waals surface area contributed by atoms with Crippen molar-refractivity contribution in [1.29, 1.82) is 0 Å². The van der Waals surface area contributed by atoms with Crippen LogP contribution in [0.2, 0.25) is 0 Å². The Morgan fingerprint density at radius 2 is 1.76 bits per heavy atom. The maximum Gasteiger partial charge on any atom is 0.326 e. The van der Waals surface area contributed by atoms with Crippen molar-refractivity contribution in [1.82, 2.24) is 15.6 Å². The number of carboxylic acids is 1. The first-order valence-corrected chi connectivity index (χ1v) is 11.3. The van der Waals surface area contributed by atoms with Crippen molar-refractivity contribution in [2.24, 2.45) is 28.3 Å². The summed E-state index contributed by atoms with van der Waals surface area (Å²) >= 11 is 0. The van der Waals surface area contributed by atoms with Crippen LogP contribution >= 0.6 is 0 Å². The third-order valence-electron chi connectivity index (χ3n) is 4.87. The first-order chi connectivity index (χ1) is 15.4. The molecule has 11 heteroatoms. The Morgan fingerprint density at radius 1 is 1.09 bits per heavy atom. The van der Waals surface area contributed by atoms with Gasteiger partial charge in [0.15, 0.2) is 11.7 Å². The van der Waals surface area contributed by atoms with Crippen LogP contribution in [0.3, 0.4) is 0 Å². The van der Waals surface area contributed by atoms with Gasteiger partial charge in [-0.05, 0) is 44.4 Å². The molecule has 1 aromatic rings. The van der Waals surface area contributed by atoms with Crippen molar-refractivity contribution in [2.75, 3.05) is 6.54 Å². The summed E-state index contributed by atoms with van der Waals surface area (Å²) in [6.45, 7) is 9.95. The second-order valence-corrected chi connectivity index (χ2v) is 8.95. The van der Waals surface area contributed by atoms with Crippen molar-refractivity contribution in [3.05, 3.63) is 17.3 Å². The number of carbonyl (C=O) groups excluding carboxylic acids is 2. The number of aryl methyl sites for hydroxylation is 1. The molecule has 0 bridgehead atoms. The van der Waals surface area contributed by atoms with Crippen LogP contribution in [-0.4, -0.2) is 46.4 Å². The van der Waals surface area contributed by atoms with Crippen LogP contribution in [0.15, 0.2) is 9.41 Å². The van der Waals surface area contributed by atoms with E-state index in [1.165, 1.54) is 0 Å². The standard InChI is InChI=1S/C22H38N6O5/c1-12(2)8-9-17(29)26-16(11-13(3)4)20-28-18(14(5)33-20)19(30)27-15(21(31)32)7-6-10-25-22(23)24/h12-13,15-16H,6-11H2,1-5H3,(H,26,29)(H,27,30)(H,31,32)(H4,23,24,25)/t15-,16-/m0/s1. The van der Waals surface area contributed by atoms with Crippen LogP contribution in [0.25, 0.3) is 0 Å². The third-order valence-corrected chi connectivity index (χ3v) is 4.87. The summed E-state index contributed by atoms with van der Waals surface area (Å²) in [5.74, 6) is -0.907. The lowest BCUT2D eigenvalue weighted by Crippen LogP contribution is -2.41. The molecular formula is C22H38N6O5. The van der Waals surface area contributed by atoms with E-state index in [1.54, 1.807) is 6.92 Å². The molecule has 0 unspecified atom stereocenters. The predicted octanol–water partition coefficient (Wildman–Crippen LogP) is 1.86. The number of aromatic nitrogens is 1. The number of oxazole rings is 1. The maximum absolute atomic E-state index is 12.7. The molecule has 0 radical (unpaired) electrons. The van der Waals surface area contributed by atoms with E-state index in [-0.39, 0.29) is 48.1 Å². The number of aliphatic imine (C=N–C) groups is 1. The first kappa shape index (κ1) is 27.9. The van der Waals surface area contributed by atoms with Gasteiger partial charge in [-0.25, -0.2) is 9.78 Å². The highest BCUT2D eigenvalue weighted by atomic mass is 16.4. The number of aliphatic carboxylic acids is 1. The van der Waals surface area contributed by atoms with Gasteiger partial charge in [-0.15, -0.1) is 0 Å². The number of nitrogens with zero attached hydrogens (tertiary/aromatic N) is 2. The van der Waals surface area contributed by atoms with Gasteiger partial charge in [0.2, 0.25) is 11.8 Å². The molecule has 0 spiro atoms. The van der Waals surface area contributed by atoms with Crippen molar-refractivity contribution < 1.29 is 23.9 Å². The van der Waals surface area contributed by atoms with Gasteiger partial charge in [-0.1, -0.05) is 27.7 Å². The van der Waals surface area contributed by atoms with E-state index in [0.29, 0.717) is 25.2 Å². The topological polar surface area (TPSA) is 186 Å². The lowest BCUT2D eigenvalue weighted by Gasteiger charge is -2.18. The lowest BCUT2D eigenvalue weighted by molar-refractivity contribution is -0.139. The van der Waals surface area contributed by atoms with E-state index in [1.807, 2.05) is 27.7 Å². The van der Waals surface area contributed by atoms with Gasteiger partial charge in [-0.3, -0.25) is 14.6 Å². The van der Waals surface area contributed by atoms with Crippen molar-refractivity contribution in [3.63, 3.8) is 0 Å². The molecule has 11 nitrogen and oxygen atoms in total. The quantitative estimate of drug-likeness (QED) is 0.156. The molecule has 2 amide bonds. The zero-order chi connectivity index (χ0) is 25.1. The zero-order valence-electron chi connectivity index (χ0n) is 20.2. The molecule has 0 saturated heterocycles. The van der Waals surface area contributed by atoms with Crippen LogP contribution in [0.4, 0.5) is 0 Å². The summed E-state index contributed by atoms with van der Waals surface area (Å²) in [4.78, 5) is 44.8. The van der Waals surface area contributed by atoms with Crippen molar-refractivity contribution >= 4 is 23.7 Å². The van der Waals surface area contributed by atoms with E-state index in [9.17, 15) is 19.5 Å². The molecular weight excluding hydrogens is 428 g/mol. The van der Waals surface area contributed by atoms with Crippen LogP contribution in [-0.2, 0) is 9.59 Å². The highest BCUT2D eigenvalue weighted by Crippen LogP contribution is 2.24. The fraction of sp³-hybridized carbons (Fsp3) is 0.682. The largest absolute Gasteiger partial charge is 0.480 e. The minimum atomic E-state index is -1.18. The van der Waals surface area contributed by atoms with Gasteiger partial charge in [-0.2, -0.15) is 0 Å². The summed E-state index contributed by atoms with van der Waals surface area (Å²) in [5, 5.41) is 14.9. The summed E-state index contributed by atoms with van der Waals surface area (Å²) in [5.41, 5.74) is 10.5. The van der Waals surface area contributed by atoms with Crippen molar-refractivity contribution in [2.45, 2.75) is 78.8 Å². The predicted molar refractivity (Wildman–Crippen MR) is 124 cm³/mol. The number of guanidine groups is 1. The average Bonchev–Trinajstić information content (AvgIpc) is 3.09. The average molecular weight is 467 g/mol. The molecule has 0 fully saturated rings. The third kappa shape index (κ3) is 10.4. The number of nitrogens with one attached hydrogen (secondary N) is 2. The smallest absolute Gasteiger partial charge is 0.326 e. The maximum atomic E-state index is 12.7. The van der Waals surface area contributed by atoms with Gasteiger partial charge < -0.3 is 31.6 Å². The minimum absolute atomic E-state index is 0.00865. The zero-order valence-corrected chi connectivity index (χ0v) is 20.2. The van der Waals surface area contributed by atoms with Crippen LogP contribution in [0.5, 0.6) is 0 Å². The van der Waals surface area contributed by atoms with E-state index in [2.05, 4.69) is 20.6 Å². The first-order valence-electron chi connectivity index (χ1n) is 11.3. The second kappa shape index (κ2) is 13.4. The number of hydrogen-bond donors (Lipinski definition) is 5. The molecule has 0 saturated carbocycles. The Morgan fingerprint density at radius 3 is 2.30 bits per heavy atom. The molecule has 33 heavy (non-hydrogen) atoms. The van der Waals surface area contributed by atoms with Gasteiger partial charge in [0.05, 0.1) is 0 Å². The van der Waals surface area contributed by atoms with Gasteiger partial charge in [0.1, 0.15) is 17.8 Å². The number of nitrogens with two attached hydrogens (primary N) is 2. The molecule has 0 aromatic carbocycles. The van der Waals surface area contributed by atoms with Crippen molar-refractivity contribution in [3.8, 4) is 0 Å². The van der Waals surface area contributed by atoms with Crippen LogP contribution in [0.1, 0.15) is 88.0 Å². The van der Waals surface area contributed by atoms with Gasteiger partial charge in [0, 0.05) is 13.0 Å². The van der Waals surface area contributed by atoms with Gasteiger partial charge >= 0.3 is 5.97 Å². The fourth-order valence-corrected chi connectivity index (χ4v) is 3.14. The molecule has 0 aliphatic carbocycles. The monoisotopic (exact) mass is 466 g/mol. The highest BCUT2D eigenvalue weighted by molar-refractivity contribution is 5.95. The molecule has 7 N–H and O–H groups in total. The Labute approximate surface area is 194 Å². The fourth-order valence-electron chi connectivity index (χ4n) is 3.14. The Balaban J connectivity index is 2.93. The number of rotatable bonds is 14. The number of hydrogen-bond acceptors (Lipinski definition) is 6. The summed E-state index contributed by atoms with van der Waals surface area (Å²) in [6, 6.07) is -1.62. The Kier molecular flexibility index (Phi) is 11.4. The normalized spacial score (nSPS) is 12.9. The molecule has 0 aliphatic heterocycles. The summed E-state index contributed by atoms with van der Waals surface area (Å²) < 4.78 is 5.71. The molecule has 1 aromatic heterocycles. The number of amides is 2. The highest BCUT2D eigenvalue weighted by Gasteiger charge is 2.27. The molecule has 0 aliphatic rings. The van der Waals surface area contributed by atoms with Crippen LogP contribution in [0, 0.1) is 18.8 Å². The Hall–Kier alpha value is -3.11. The molecule has 1 heterocycles. The van der Waals surface area contributed by atoms with E-state index in [0.717, 1.165) is 6.42 Å². The Bertz CT molecular complexity index is 829. The lowest BCUT2D eigenvalue weighted by atomic mass is 10.0. The van der Waals surface area contributed by atoms with E-state index in [4.69, 9.17) is 15.9 Å².